The lowest BCUT2D eigenvalue weighted by molar-refractivity contribution is -0.280. The third kappa shape index (κ3) is 1.51. The Morgan fingerprint density at radius 2 is 2.05 bits per heavy atom. The fourth-order valence-corrected chi connectivity index (χ4v) is 5.13. The smallest absolute Gasteiger partial charge is 0.333 e. The minimum absolute atomic E-state index is 0.0975. The van der Waals surface area contributed by atoms with Crippen molar-refractivity contribution in [1.82, 2.24) is 0 Å². The van der Waals surface area contributed by atoms with E-state index >= 15 is 0 Å². The second-order valence-electron chi connectivity index (χ2n) is 7.26. The number of carbonyl (C=O) groups is 1. The zero-order valence-electron chi connectivity index (χ0n) is 12.4. The maximum absolute atomic E-state index is 11.8. The van der Waals surface area contributed by atoms with Crippen LogP contribution in [0.5, 0.6) is 0 Å². The third-order valence-corrected chi connectivity index (χ3v) is 5.93. The summed E-state index contributed by atoms with van der Waals surface area (Å²) in [5.74, 6) is -0.496. The van der Waals surface area contributed by atoms with Crippen molar-refractivity contribution >= 4 is 5.97 Å². The van der Waals surface area contributed by atoms with Gasteiger partial charge in [-0.2, -0.15) is 0 Å². The van der Waals surface area contributed by atoms with Gasteiger partial charge in [0.05, 0.1) is 0 Å². The van der Waals surface area contributed by atoms with Crippen molar-refractivity contribution in [2.45, 2.75) is 58.7 Å². The summed E-state index contributed by atoms with van der Waals surface area (Å²) < 4.78 is 11.5. The molecule has 3 aliphatic rings. The van der Waals surface area contributed by atoms with Gasteiger partial charge in [-0.15, -0.1) is 0 Å². The predicted molar refractivity (Wildman–Crippen MR) is 72.4 cm³/mol. The Kier molecular flexibility index (Phi) is 2.66. The molecule has 0 saturated heterocycles. The predicted octanol–water partition coefficient (Wildman–Crippen LogP) is 3.44. The number of rotatable bonds is 1. The molecule has 19 heavy (non-hydrogen) atoms. The van der Waals surface area contributed by atoms with Gasteiger partial charge >= 0.3 is 5.97 Å². The molecule has 1 heterocycles. The molecular formula is C16H24O3. The Balaban J connectivity index is 2.10. The van der Waals surface area contributed by atoms with Gasteiger partial charge < -0.3 is 9.47 Å². The maximum atomic E-state index is 11.8. The summed E-state index contributed by atoms with van der Waals surface area (Å²) in [7, 11) is 1.68. The highest BCUT2D eigenvalue weighted by molar-refractivity contribution is 5.86. The van der Waals surface area contributed by atoms with Gasteiger partial charge in [0.2, 0.25) is 5.79 Å². The quantitative estimate of drug-likeness (QED) is 0.681. The Labute approximate surface area is 115 Å². The van der Waals surface area contributed by atoms with Crippen LogP contribution in [-0.4, -0.2) is 18.9 Å². The zero-order chi connectivity index (χ0) is 13.9. The van der Waals surface area contributed by atoms with Crippen molar-refractivity contribution in [3.63, 3.8) is 0 Å². The highest BCUT2D eigenvalue weighted by Gasteiger charge is 2.66. The van der Waals surface area contributed by atoms with Crippen LogP contribution in [-0.2, 0) is 14.3 Å². The van der Waals surface area contributed by atoms with Gasteiger partial charge in [0, 0.05) is 24.2 Å². The lowest BCUT2D eigenvalue weighted by atomic mass is 9.49. The van der Waals surface area contributed by atoms with Crippen molar-refractivity contribution in [2.75, 3.05) is 7.11 Å². The molecule has 106 valence electrons. The first-order chi connectivity index (χ1) is 8.86. The standard InChI is InChI=1S/C16H24O3/c1-14(2)8-5-9-15(3)12(14)7-6-11-10-13(17)19-16(11,15)18-4/h10,12H,5-9H2,1-4H3. The van der Waals surface area contributed by atoms with E-state index in [1.54, 1.807) is 13.2 Å². The normalized spacial score (nSPS) is 44.1. The van der Waals surface area contributed by atoms with E-state index in [0.717, 1.165) is 24.8 Å². The minimum Gasteiger partial charge on any atom is -0.425 e. The number of methoxy groups -OCH3 is 1. The van der Waals surface area contributed by atoms with Gasteiger partial charge in [-0.1, -0.05) is 27.2 Å². The van der Waals surface area contributed by atoms with Crippen LogP contribution in [0.15, 0.2) is 11.6 Å². The van der Waals surface area contributed by atoms with Crippen LogP contribution in [0.2, 0.25) is 0 Å². The molecule has 3 atom stereocenters. The van der Waals surface area contributed by atoms with Crippen molar-refractivity contribution in [3.8, 4) is 0 Å². The summed E-state index contributed by atoms with van der Waals surface area (Å²) in [6.07, 6.45) is 7.21. The van der Waals surface area contributed by atoms with Crippen LogP contribution in [0, 0.1) is 16.7 Å². The van der Waals surface area contributed by atoms with Crippen LogP contribution < -0.4 is 0 Å². The summed E-state index contributed by atoms with van der Waals surface area (Å²) in [6.45, 7) is 6.96. The summed E-state index contributed by atoms with van der Waals surface area (Å²) in [6, 6.07) is 0. The molecule has 1 aliphatic heterocycles. The molecular weight excluding hydrogens is 240 g/mol. The molecule has 0 spiro atoms. The molecule has 2 fully saturated rings. The number of esters is 1. The van der Waals surface area contributed by atoms with Crippen molar-refractivity contribution < 1.29 is 14.3 Å². The highest BCUT2D eigenvalue weighted by atomic mass is 16.7. The van der Waals surface area contributed by atoms with Gasteiger partial charge in [-0.25, -0.2) is 4.79 Å². The summed E-state index contributed by atoms with van der Waals surface area (Å²) in [4.78, 5) is 11.8. The Morgan fingerprint density at radius 1 is 1.32 bits per heavy atom. The van der Waals surface area contributed by atoms with E-state index < -0.39 is 5.79 Å². The zero-order valence-corrected chi connectivity index (χ0v) is 12.4. The lowest BCUT2D eigenvalue weighted by Gasteiger charge is -2.60. The first kappa shape index (κ1) is 13.2. The average Bonchev–Trinajstić information content (AvgIpc) is 2.66. The van der Waals surface area contributed by atoms with Gasteiger partial charge in [0.1, 0.15) is 0 Å². The molecule has 3 unspecified atom stereocenters. The number of fused-ring (bicyclic) bond motifs is 3. The van der Waals surface area contributed by atoms with E-state index in [1.807, 2.05) is 0 Å². The molecule has 2 saturated carbocycles. The van der Waals surface area contributed by atoms with Crippen LogP contribution in [0.1, 0.15) is 52.9 Å². The molecule has 0 amide bonds. The van der Waals surface area contributed by atoms with Crippen molar-refractivity contribution in [1.29, 1.82) is 0 Å². The van der Waals surface area contributed by atoms with Gasteiger partial charge in [-0.3, -0.25) is 0 Å². The monoisotopic (exact) mass is 264 g/mol. The van der Waals surface area contributed by atoms with E-state index in [0.29, 0.717) is 11.3 Å². The minimum atomic E-state index is -0.801. The van der Waals surface area contributed by atoms with E-state index in [9.17, 15) is 4.79 Å². The number of hydrogen-bond acceptors (Lipinski definition) is 3. The fourth-order valence-electron chi connectivity index (χ4n) is 5.13. The molecule has 0 bridgehead atoms. The van der Waals surface area contributed by atoms with Crippen LogP contribution in [0.25, 0.3) is 0 Å². The first-order valence-electron chi connectivity index (χ1n) is 7.35. The van der Waals surface area contributed by atoms with Crippen LogP contribution in [0.4, 0.5) is 0 Å². The highest BCUT2D eigenvalue weighted by Crippen LogP contribution is 2.64. The topological polar surface area (TPSA) is 35.5 Å². The molecule has 2 aliphatic carbocycles. The second-order valence-corrected chi connectivity index (χ2v) is 7.26. The van der Waals surface area contributed by atoms with E-state index in [1.165, 1.54) is 12.8 Å². The SMILES string of the molecule is COC12OC(=O)C=C1CCC1C(C)(C)CCCC12C. The number of hydrogen-bond donors (Lipinski definition) is 0. The first-order valence-corrected chi connectivity index (χ1v) is 7.35. The van der Waals surface area contributed by atoms with Gasteiger partial charge in [-0.05, 0) is 37.0 Å². The van der Waals surface area contributed by atoms with E-state index in [-0.39, 0.29) is 11.4 Å². The Bertz CT molecular complexity index is 451. The molecule has 3 nitrogen and oxygen atoms in total. The summed E-state index contributed by atoms with van der Waals surface area (Å²) in [5, 5.41) is 0. The molecule has 0 aromatic rings. The molecule has 3 rings (SSSR count). The molecule has 0 aromatic heterocycles. The third-order valence-electron chi connectivity index (χ3n) is 5.93. The largest absolute Gasteiger partial charge is 0.425 e. The van der Waals surface area contributed by atoms with Crippen LogP contribution >= 0.6 is 0 Å². The summed E-state index contributed by atoms with van der Waals surface area (Å²) >= 11 is 0. The fraction of sp³-hybridized carbons (Fsp3) is 0.812. The average molecular weight is 264 g/mol. The second kappa shape index (κ2) is 3.85. The van der Waals surface area contributed by atoms with Gasteiger partial charge in [0.15, 0.2) is 0 Å². The van der Waals surface area contributed by atoms with Crippen molar-refractivity contribution in [3.05, 3.63) is 11.6 Å². The maximum Gasteiger partial charge on any atom is 0.333 e. The Morgan fingerprint density at radius 3 is 2.74 bits per heavy atom. The number of ether oxygens (including phenoxy) is 2. The van der Waals surface area contributed by atoms with Gasteiger partial charge in [0.25, 0.3) is 0 Å². The van der Waals surface area contributed by atoms with Crippen molar-refractivity contribution in [2.24, 2.45) is 16.7 Å². The summed E-state index contributed by atoms with van der Waals surface area (Å²) in [5.41, 5.74) is 1.25. The lowest BCUT2D eigenvalue weighted by Crippen LogP contribution is -2.61. The van der Waals surface area contributed by atoms with E-state index in [2.05, 4.69) is 20.8 Å². The Hall–Kier alpha value is -0.830. The molecule has 3 heteroatoms. The van der Waals surface area contributed by atoms with E-state index in [4.69, 9.17) is 9.47 Å². The molecule has 0 aromatic carbocycles. The van der Waals surface area contributed by atoms with Crippen LogP contribution in [0.3, 0.4) is 0 Å². The molecule has 0 N–H and O–H groups in total. The number of carbonyl (C=O) groups excluding carboxylic acids is 1. The molecule has 0 radical (unpaired) electrons.